The molecule has 0 aromatic heterocycles. The van der Waals surface area contributed by atoms with Gasteiger partial charge in [0.15, 0.2) is 0 Å². The lowest BCUT2D eigenvalue weighted by Crippen LogP contribution is -2.38. The Kier molecular flexibility index (Phi) is 6.63. The van der Waals surface area contributed by atoms with Gasteiger partial charge in [0.05, 0.1) is 12.6 Å². The first kappa shape index (κ1) is 16.3. The third kappa shape index (κ3) is 5.39. The highest BCUT2D eigenvalue weighted by Gasteiger charge is 2.13. The van der Waals surface area contributed by atoms with E-state index in [0.717, 1.165) is 12.0 Å². The van der Waals surface area contributed by atoms with Gasteiger partial charge in [0, 0.05) is 16.1 Å². The highest BCUT2D eigenvalue weighted by atomic mass is 35.5. The van der Waals surface area contributed by atoms with E-state index in [1.54, 1.807) is 12.1 Å². The Morgan fingerprint density at radius 3 is 2.58 bits per heavy atom. The molecule has 19 heavy (non-hydrogen) atoms. The molecule has 2 unspecified atom stereocenters. The lowest BCUT2D eigenvalue weighted by molar-refractivity contribution is -0.121. The Balaban J connectivity index is 2.54. The van der Waals surface area contributed by atoms with Gasteiger partial charge in [-0.25, -0.2) is 0 Å². The average Bonchev–Trinajstić information content (AvgIpc) is 2.35. The van der Waals surface area contributed by atoms with E-state index in [2.05, 4.69) is 17.6 Å². The molecule has 2 N–H and O–H groups in total. The minimum absolute atomic E-state index is 0.0428. The molecular weight excluding hydrogens is 283 g/mol. The van der Waals surface area contributed by atoms with Gasteiger partial charge < -0.3 is 10.6 Å². The maximum Gasteiger partial charge on any atom is 0.234 e. The van der Waals surface area contributed by atoms with Crippen LogP contribution in [0.25, 0.3) is 0 Å². The zero-order valence-corrected chi connectivity index (χ0v) is 13.0. The Morgan fingerprint density at radius 2 is 2.00 bits per heavy atom. The first-order valence-corrected chi connectivity index (χ1v) is 7.17. The van der Waals surface area contributed by atoms with Crippen molar-refractivity contribution in [1.82, 2.24) is 10.6 Å². The molecule has 3 nitrogen and oxygen atoms in total. The van der Waals surface area contributed by atoms with Gasteiger partial charge >= 0.3 is 0 Å². The molecule has 5 heteroatoms. The lowest BCUT2D eigenvalue weighted by Gasteiger charge is -2.17. The van der Waals surface area contributed by atoms with Crippen LogP contribution in [0.1, 0.15) is 38.8 Å². The SMILES string of the molecule is CCC(C)NCC(=O)NC(C)c1ccc(Cl)cc1Cl. The van der Waals surface area contributed by atoms with Gasteiger partial charge in [-0.1, -0.05) is 36.2 Å². The fraction of sp³-hybridized carbons (Fsp3) is 0.500. The highest BCUT2D eigenvalue weighted by molar-refractivity contribution is 6.35. The van der Waals surface area contributed by atoms with Crippen molar-refractivity contribution < 1.29 is 4.79 Å². The molecular formula is C14H20Cl2N2O. The summed E-state index contributed by atoms with van der Waals surface area (Å²) in [4.78, 5) is 11.8. The maximum absolute atomic E-state index is 11.8. The zero-order valence-electron chi connectivity index (χ0n) is 11.5. The zero-order chi connectivity index (χ0) is 14.4. The summed E-state index contributed by atoms with van der Waals surface area (Å²) in [7, 11) is 0. The molecule has 106 valence electrons. The number of hydrogen-bond donors (Lipinski definition) is 2. The van der Waals surface area contributed by atoms with Crippen LogP contribution in [0.15, 0.2) is 18.2 Å². The molecule has 0 heterocycles. The molecule has 0 bridgehead atoms. The first-order chi connectivity index (χ1) is 8.93. The summed E-state index contributed by atoms with van der Waals surface area (Å²) in [6.07, 6.45) is 0.992. The van der Waals surface area contributed by atoms with E-state index in [4.69, 9.17) is 23.2 Å². The summed E-state index contributed by atoms with van der Waals surface area (Å²) >= 11 is 12.0. The monoisotopic (exact) mass is 302 g/mol. The fourth-order valence-corrected chi connectivity index (χ4v) is 2.21. The molecule has 0 radical (unpaired) electrons. The van der Waals surface area contributed by atoms with Crippen molar-refractivity contribution in [3.8, 4) is 0 Å². The number of nitrogens with one attached hydrogen (secondary N) is 2. The van der Waals surface area contributed by atoms with Crippen LogP contribution in [0.4, 0.5) is 0 Å². The van der Waals surface area contributed by atoms with Crippen LogP contribution in [0.3, 0.4) is 0 Å². The van der Waals surface area contributed by atoms with E-state index in [1.807, 2.05) is 19.9 Å². The van der Waals surface area contributed by atoms with Crippen molar-refractivity contribution in [3.63, 3.8) is 0 Å². The van der Waals surface area contributed by atoms with Crippen LogP contribution in [-0.4, -0.2) is 18.5 Å². The molecule has 1 aromatic carbocycles. The van der Waals surface area contributed by atoms with Gasteiger partial charge in [0.1, 0.15) is 0 Å². The Labute approximate surface area is 124 Å². The summed E-state index contributed by atoms with van der Waals surface area (Å²) in [6.45, 7) is 6.33. The number of carbonyl (C=O) groups is 1. The van der Waals surface area contributed by atoms with Crippen LogP contribution in [0.5, 0.6) is 0 Å². The first-order valence-electron chi connectivity index (χ1n) is 6.41. The van der Waals surface area contributed by atoms with Crippen molar-refractivity contribution in [2.75, 3.05) is 6.54 Å². The van der Waals surface area contributed by atoms with Crippen molar-refractivity contribution in [2.45, 2.75) is 39.3 Å². The molecule has 0 spiro atoms. The quantitative estimate of drug-likeness (QED) is 0.843. The van der Waals surface area contributed by atoms with Crippen LogP contribution in [-0.2, 0) is 4.79 Å². The van der Waals surface area contributed by atoms with Crippen LogP contribution >= 0.6 is 23.2 Å². The van der Waals surface area contributed by atoms with E-state index >= 15 is 0 Å². The van der Waals surface area contributed by atoms with Crippen LogP contribution in [0, 0.1) is 0 Å². The molecule has 0 aliphatic heterocycles. The van der Waals surface area contributed by atoms with Gasteiger partial charge in [-0.15, -0.1) is 0 Å². The minimum Gasteiger partial charge on any atom is -0.348 e. The Bertz CT molecular complexity index is 437. The topological polar surface area (TPSA) is 41.1 Å². The third-order valence-corrected chi connectivity index (χ3v) is 3.59. The van der Waals surface area contributed by atoms with E-state index in [1.165, 1.54) is 0 Å². The number of benzene rings is 1. The van der Waals surface area contributed by atoms with Crippen molar-refractivity contribution in [1.29, 1.82) is 0 Å². The predicted octanol–water partition coefficient (Wildman–Crippen LogP) is 3.56. The predicted molar refractivity (Wildman–Crippen MR) is 80.8 cm³/mol. The van der Waals surface area contributed by atoms with E-state index in [0.29, 0.717) is 22.6 Å². The largest absolute Gasteiger partial charge is 0.348 e. The minimum atomic E-state index is -0.143. The van der Waals surface area contributed by atoms with Gasteiger partial charge in [-0.05, 0) is 38.0 Å². The second kappa shape index (κ2) is 7.73. The second-order valence-electron chi connectivity index (χ2n) is 4.65. The summed E-state index contributed by atoms with van der Waals surface area (Å²) in [6, 6.07) is 5.47. The maximum atomic E-state index is 11.8. The van der Waals surface area contributed by atoms with Crippen molar-refractivity contribution in [3.05, 3.63) is 33.8 Å². The van der Waals surface area contributed by atoms with Gasteiger partial charge in [-0.3, -0.25) is 4.79 Å². The van der Waals surface area contributed by atoms with Crippen molar-refractivity contribution in [2.24, 2.45) is 0 Å². The van der Waals surface area contributed by atoms with E-state index in [-0.39, 0.29) is 11.9 Å². The van der Waals surface area contributed by atoms with Gasteiger partial charge in [0.25, 0.3) is 0 Å². The molecule has 0 saturated heterocycles. The molecule has 0 aliphatic carbocycles. The second-order valence-corrected chi connectivity index (χ2v) is 5.49. The molecule has 0 aliphatic rings. The number of hydrogen-bond acceptors (Lipinski definition) is 2. The van der Waals surface area contributed by atoms with E-state index < -0.39 is 0 Å². The summed E-state index contributed by atoms with van der Waals surface area (Å²) in [5.41, 5.74) is 0.864. The van der Waals surface area contributed by atoms with Crippen LogP contribution in [0.2, 0.25) is 10.0 Å². The number of amides is 1. The number of rotatable bonds is 6. The lowest BCUT2D eigenvalue weighted by atomic mass is 10.1. The average molecular weight is 303 g/mol. The van der Waals surface area contributed by atoms with E-state index in [9.17, 15) is 4.79 Å². The molecule has 1 rings (SSSR count). The Hall–Kier alpha value is -0.770. The van der Waals surface area contributed by atoms with Crippen LogP contribution < -0.4 is 10.6 Å². The molecule has 0 saturated carbocycles. The number of halogens is 2. The highest BCUT2D eigenvalue weighted by Crippen LogP contribution is 2.25. The normalized spacial score (nSPS) is 13.9. The summed E-state index contributed by atoms with van der Waals surface area (Å²) < 4.78 is 0. The van der Waals surface area contributed by atoms with Gasteiger partial charge in [-0.2, -0.15) is 0 Å². The fourth-order valence-electron chi connectivity index (χ4n) is 1.63. The third-order valence-electron chi connectivity index (χ3n) is 3.03. The summed E-state index contributed by atoms with van der Waals surface area (Å²) in [5, 5.41) is 7.21. The molecule has 1 amide bonds. The van der Waals surface area contributed by atoms with Crippen molar-refractivity contribution >= 4 is 29.1 Å². The smallest absolute Gasteiger partial charge is 0.234 e. The standard InChI is InChI=1S/C14H20Cl2N2O/c1-4-9(2)17-8-14(19)18-10(3)12-6-5-11(15)7-13(12)16/h5-7,9-10,17H,4,8H2,1-3H3,(H,18,19). The molecule has 1 aromatic rings. The Morgan fingerprint density at radius 1 is 1.32 bits per heavy atom. The van der Waals surface area contributed by atoms with Gasteiger partial charge in [0.2, 0.25) is 5.91 Å². The summed E-state index contributed by atoms with van der Waals surface area (Å²) in [5.74, 6) is -0.0428. The molecule has 0 fully saturated rings. The molecule has 2 atom stereocenters. The number of carbonyl (C=O) groups excluding carboxylic acids is 1.